The smallest absolute Gasteiger partial charge is 0.317 e. The normalized spacial score (nSPS) is 20.5. The molecule has 0 saturated carbocycles. The minimum Gasteiger partial charge on any atom is -0.381 e. The van der Waals surface area contributed by atoms with Crippen LogP contribution in [0.5, 0.6) is 0 Å². The summed E-state index contributed by atoms with van der Waals surface area (Å²) >= 11 is 0. The lowest BCUT2D eigenvalue weighted by Crippen LogP contribution is -2.48. The first-order chi connectivity index (χ1) is 11.1. The van der Waals surface area contributed by atoms with Crippen LogP contribution >= 0.6 is 0 Å². The number of urea groups is 1. The first-order valence-electron chi connectivity index (χ1n) is 8.12. The molecular formula is C17H22F2N2O2. The zero-order valence-corrected chi connectivity index (χ0v) is 13.1. The molecule has 2 saturated heterocycles. The fourth-order valence-electron chi connectivity index (χ4n) is 3.45. The number of ether oxygens (including phenoxy) is 1. The van der Waals surface area contributed by atoms with Crippen molar-refractivity contribution in [2.24, 2.45) is 5.41 Å². The molecule has 2 aliphatic heterocycles. The van der Waals surface area contributed by atoms with Gasteiger partial charge in [0.25, 0.3) is 0 Å². The van der Waals surface area contributed by atoms with Gasteiger partial charge in [0.15, 0.2) is 0 Å². The third-order valence-electron chi connectivity index (χ3n) is 5.10. The summed E-state index contributed by atoms with van der Waals surface area (Å²) in [6, 6.07) is 3.05. The van der Waals surface area contributed by atoms with Crippen molar-refractivity contribution >= 4 is 6.03 Å². The molecule has 4 nitrogen and oxygen atoms in total. The molecule has 1 aromatic rings. The average molecular weight is 324 g/mol. The van der Waals surface area contributed by atoms with Crippen LogP contribution in [0.25, 0.3) is 0 Å². The van der Waals surface area contributed by atoms with Crippen LogP contribution < -0.4 is 5.32 Å². The van der Waals surface area contributed by atoms with Gasteiger partial charge in [-0.1, -0.05) is 0 Å². The average Bonchev–Trinajstić information content (AvgIpc) is 2.57. The molecule has 0 unspecified atom stereocenters. The summed E-state index contributed by atoms with van der Waals surface area (Å²) in [5.74, 6) is -1.01. The van der Waals surface area contributed by atoms with Crippen LogP contribution in [0.15, 0.2) is 18.2 Å². The van der Waals surface area contributed by atoms with Crippen LogP contribution in [-0.4, -0.2) is 37.2 Å². The van der Waals surface area contributed by atoms with Gasteiger partial charge in [0.2, 0.25) is 0 Å². The van der Waals surface area contributed by atoms with Crippen molar-refractivity contribution in [2.75, 3.05) is 26.3 Å². The second kappa shape index (κ2) is 6.83. The molecule has 2 amide bonds. The molecule has 2 aliphatic rings. The Balaban J connectivity index is 1.50. The number of carbonyl (C=O) groups is 1. The number of halogens is 2. The van der Waals surface area contributed by atoms with E-state index < -0.39 is 11.6 Å². The van der Waals surface area contributed by atoms with Gasteiger partial charge in [0.1, 0.15) is 11.6 Å². The highest BCUT2D eigenvalue weighted by Crippen LogP contribution is 2.40. The quantitative estimate of drug-likeness (QED) is 0.908. The molecule has 2 fully saturated rings. The van der Waals surface area contributed by atoms with Crippen LogP contribution in [0.2, 0.25) is 0 Å². The van der Waals surface area contributed by atoms with Crippen molar-refractivity contribution in [3.63, 3.8) is 0 Å². The van der Waals surface area contributed by atoms with Crippen LogP contribution in [0.1, 0.15) is 31.2 Å². The molecule has 1 N–H and O–H groups in total. The number of carbonyl (C=O) groups excluding carboxylic acids is 1. The second-order valence-corrected chi connectivity index (χ2v) is 6.49. The standard InChI is InChI=1S/C17H22F2N2O2/c18-14-1-2-15(19)13(11-14)12-20-16(22)21-7-3-17(4-8-21)5-9-23-10-6-17/h1-2,11H,3-10,12H2,(H,20,22). The fraction of sp³-hybridized carbons (Fsp3) is 0.588. The van der Waals surface area contributed by atoms with E-state index in [9.17, 15) is 13.6 Å². The summed E-state index contributed by atoms with van der Waals surface area (Å²) in [4.78, 5) is 14.0. The zero-order valence-electron chi connectivity index (χ0n) is 13.1. The maximum Gasteiger partial charge on any atom is 0.317 e. The Bertz CT molecular complexity index is 564. The van der Waals surface area contributed by atoms with Gasteiger partial charge in [-0.25, -0.2) is 13.6 Å². The van der Waals surface area contributed by atoms with Gasteiger partial charge in [-0.2, -0.15) is 0 Å². The molecule has 6 heteroatoms. The Morgan fingerprint density at radius 3 is 2.57 bits per heavy atom. The lowest BCUT2D eigenvalue weighted by atomic mass is 9.72. The Labute approximate surface area is 134 Å². The van der Waals surface area contributed by atoms with Crippen molar-refractivity contribution < 1.29 is 18.3 Å². The lowest BCUT2D eigenvalue weighted by Gasteiger charge is -2.44. The molecule has 0 atom stereocenters. The maximum absolute atomic E-state index is 13.6. The molecule has 3 rings (SSSR count). The van der Waals surface area contributed by atoms with Gasteiger partial charge in [0, 0.05) is 38.4 Å². The highest BCUT2D eigenvalue weighted by atomic mass is 19.1. The Hall–Kier alpha value is -1.69. The fourth-order valence-corrected chi connectivity index (χ4v) is 3.45. The van der Waals surface area contributed by atoms with Gasteiger partial charge < -0.3 is 15.0 Å². The Morgan fingerprint density at radius 2 is 1.87 bits per heavy atom. The Kier molecular flexibility index (Phi) is 4.80. The number of hydrogen-bond acceptors (Lipinski definition) is 2. The SMILES string of the molecule is O=C(NCc1cc(F)ccc1F)N1CCC2(CCOCC2)CC1. The van der Waals surface area contributed by atoms with Crippen molar-refractivity contribution in [1.82, 2.24) is 10.2 Å². The van der Waals surface area contributed by atoms with Gasteiger partial charge >= 0.3 is 6.03 Å². The summed E-state index contributed by atoms with van der Waals surface area (Å²) in [5.41, 5.74) is 0.486. The summed E-state index contributed by atoms with van der Waals surface area (Å²) in [7, 11) is 0. The second-order valence-electron chi connectivity index (χ2n) is 6.49. The molecular weight excluding hydrogens is 302 g/mol. The topological polar surface area (TPSA) is 41.6 Å². The monoisotopic (exact) mass is 324 g/mol. The molecule has 0 aliphatic carbocycles. The molecule has 0 aromatic heterocycles. The Morgan fingerprint density at radius 1 is 1.17 bits per heavy atom. The third-order valence-corrected chi connectivity index (χ3v) is 5.10. The molecule has 126 valence electrons. The van der Waals surface area contributed by atoms with Crippen LogP contribution in [0.3, 0.4) is 0 Å². The maximum atomic E-state index is 13.6. The number of rotatable bonds is 2. The van der Waals surface area contributed by atoms with E-state index in [4.69, 9.17) is 4.74 Å². The van der Waals surface area contributed by atoms with Gasteiger partial charge in [-0.3, -0.25) is 0 Å². The van der Waals surface area contributed by atoms with Crippen LogP contribution in [0, 0.1) is 17.0 Å². The first kappa shape index (κ1) is 16.2. The summed E-state index contributed by atoms with van der Waals surface area (Å²) < 4.78 is 32.1. The summed E-state index contributed by atoms with van der Waals surface area (Å²) in [5, 5.41) is 2.68. The van der Waals surface area contributed by atoms with Crippen molar-refractivity contribution in [3.05, 3.63) is 35.4 Å². The van der Waals surface area contributed by atoms with E-state index in [0.717, 1.165) is 57.1 Å². The number of piperidine rings is 1. The molecule has 0 radical (unpaired) electrons. The van der Waals surface area contributed by atoms with E-state index in [1.807, 2.05) is 0 Å². The highest BCUT2D eigenvalue weighted by Gasteiger charge is 2.37. The van der Waals surface area contributed by atoms with Crippen molar-refractivity contribution in [3.8, 4) is 0 Å². The van der Waals surface area contributed by atoms with E-state index in [-0.39, 0.29) is 18.1 Å². The van der Waals surface area contributed by atoms with Crippen LogP contribution in [0.4, 0.5) is 13.6 Å². The van der Waals surface area contributed by atoms with Gasteiger partial charge in [-0.05, 0) is 49.3 Å². The minimum absolute atomic E-state index is 0.00207. The van der Waals surface area contributed by atoms with Crippen LogP contribution in [-0.2, 0) is 11.3 Å². The van der Waals surface area contributed by atoms with E-state index in [2.05, 4.69) is 5.32 Å². The molecule has 23 heavy (non-hydrogen) atoms. The number of amides is 2. The van der Waals surface area contributed by atoms with Crippen molar-refractivity contribution in [2.45, 2.75) is 32.2 Å². The number of benzene rings is 1. The summed E-state index contributed by atoms with van der Waals surface area (Å²) in [6.45, 7) is 3.03. The van der Waals surface area contributed by atoms with Gasteiger partial charge in [-0.15, -0.1) is 0 Å². The molecule has 1 spiro atoms. The van der Waals surface area contributed by atoms with E-state index in [0.29, 0.717) is 18.5 Å². The zero-order chi connectivity index (χ0) is 16.3. The molecule has 0 bridgehead atoms. The highest BCUT2D eigenvalue weighted by molar-refractivity contribution is 5.74. The number of likely N-dealkylation sites (tertiary alicyclic amines) is 1. The molecule has 2 heterocycles. The van der Waals surface area contributed by atoms with Crippen molar-refractivity contribution in [1.29, 1.82) is 0 Å². The predicted molar refractivity (Wildman–Crippen MR) is 81.9 cm³/mol. The number of nitrogens with one attached hydrogen (secondary N) is 1. The van der Waals surface area contributed by atoms with E-state index in [1.54, 1.807) is 4.90 Å². The minimum atomic E-state index is -0.508. The number of hydrogen-bond donors (Lipinski definition) is 1. The predicted octanol–water partition coefficient (Wildman–Crippen LogP) is 3.07. The van der Waals surface area contributed by atoms with Gasteiger partial charge in [0.05, 0.1) is 0 Å². The molecule has 1 aromatic carbocycles. The van der Waals surface area contributed by atoms with E-state index >= 15 is 0 Å². The third kappa shape index (κ3) is 3.80. The summed E-state index contributed by atoms with van der Waals surface area (Å²) in [6.07, 6.45) is 4.10. The number of nitrogens with zero attached hydrogens (tertiary/aromatic N) is 1. The largest absolute Gasteiger partial charge is 0.381 e. The lowest BCUT2D eigenvalue weighted by molar-refractivity contribution is -0.0145. The first-order valence-corrected chi connectivity index (χ1v) is 8.12. The van der Waals surface area contributed by atoms with E-state index in [1.165, 1.54) is 0 Å².